The molecule has 0 atom stereocenters. The van der Waals surface area contributed by atoms with E-state index in [2.05, 4.69) is 58.7 Å². The minimum absolute atomic E-state index is 0.00936. The second-order valence-electron chi connectivity index (χ2n) is 17.3. The number of hydrogen-bond donors (Lipinski definition) is 2. The molecule has 1 aromatic carbocycles. The predicted octanol–water partition coefficient (Wildman–Crippen LogP) is 9.76. The van der Waals surface area contributed by atoms with Crippen molar-refractivity contribution in [3.8, 4) is 0 Å². The molecule has 3 aliphatic rings. The van der Waals surface area contributed by atoms with E-state index in [1.54, 1.807) is 18.2 Å². The number of amides is 3. The molecule has 6 nitrogen and oxygen atoms in total. The highest BCUT2D eigenvalue weighted by atomic mass is 16.2. The zero-order valence-corrected chi connectivity index (χ0v) is 30.3. The summed E-state index contributed by atoms with van der Waals surface area (Å²) in [6.07, 6.45) is 17.6. The zero-order valence-electron chi connectivity index (χ0n) is 30.3. The van der Waals surface area contributed by atoms with Gasteiger partial charge in [-0.3, -0.25) is 14.4 Å². The van der Waals surface area contributed by atoms with Gasteiger partial charge in [0.25, 0.3) is 5.91 Å². The first-order chi connectivity index (χ1) is 21.7. The Morgan fingerprint density at radius 3 is 1.67 bits per heavy atom. The van der Waals surface area contributed by atoms with Gasteiger partial charge in [0.1, 0.15) is 0 Å². The van der Waals surface area contributed by atoms with E-state index in [1.807, 2.05) is 0 Å². The summed E-state index contributed by atoms with van der Waals surface area (Å²) in [4.78, 5) is 42.7. The third-order valence-electron chi connectivity index (χ3n) is 12.0. The zero-order chi connectivity index (χ0) is 33.6. The fourth-order valence-corrected chi connectivity index (χ4v) is 8.83. The van der Waals surface area contributed by atoms with Crippen molar-refractivity contribution in [2.45, 2.75) is 163 Å². The summed E-state index contributed by atoms with van der Waals surface area (Å²) in [6.45, 7) is 16.2. The average molecular weight is 636 g/mol. The van der Waals surface area contributed by atoms with Gasteiger partial charge in [-0.05, 0) is 124 Å². The second-order valence-corrected chi connectivity index (χ2v) is 17.3. The smallest absolute Gasteiger partial charge is 0.254 e. The molecule has 3 saturated carbocycles. The van der Waals surface area contributed by atoms with Crippen LogP contribution in [0.5, 0.6) is 0 Å². The number of anilines is 1. The molecule has 1 aromatic rings. The van der Waals surface area contributed by atoms with Gasteiger partial charge in [0.05, 0.1) is 0 Å². The Morgan fingerprint density at radius 1 is 0.717 bits per heavy atom. The fourth-order valence-electron chi connectivity index (χ4n) is 8.83. The minimum Gasteiger partial charge on any atom is -0.366 e. The summed E-state index contributed by atoms with van der Waals surface area (Å²) in [7, 11) is 0. The molecule has 0 bridgehead atoms. The van der Waals surface area contributed by atoms with Crippen LogP contribution < -0.4 is 11.1 Å². The quantitative estimate of drug-likeness (QED) is 0.251. The molecule has 6 heteroatoms. The maximum Gasteiger partial charge on any atom is 0.254 e. The van der Waals surface area contributed by atoms with Crippen LogP contribution in [0.4, 0.5) is 5.69 Å². The monoisotopic (exact) mass is 636 g/mol. The van der Waals surface area contributed by atoms with Crippen molar-refractivity contribution < 1.29 is 14.4 Å². The van der Waals surface area contributed by atoms with Crippen LogP contribution in [0.2, 0.25) is 0 Å². The summed E-state index contributed by atoms with van der Waals surface area (Å²) >= 11 is 0. The van der Waals surface area contributed by atoms with Gasteiger partial charge in [0.15, 0.2) is 0 Å². The number of unbranched alkanes of at least 4 members (excludes halogenated alkanes) is 2. The summed E-state index contributed by atoms with van der Waals surface area (Å²) < 4.78 is 0. The lowest BCUT2D eigenvalue weighted by Crippen LogP contribution is -2.50. The Bertz CT molecular complexity index is 1140. The average Bonchev–Trinajstić information content (AvgIpc) is 3.01. The Morgan fingerprint density at radius 2 is 1.22 bits per heavy atom. The van der Waals surface area contributed by atoms with Crippen LogP contribution in [0.1, 0.15) is 172 Å². The molecule has 0 heterocycles. The Balaban J connectivity index is 1.53. The third kappa shape index (κ3) is 9.60. The summed E-state index contributed by atoms with van der Waals surface area (Å²) in [5, 5.41) is 3.09. The van der Waals surface area contributed by atoms with E-state index in [0.717, 1.165) is 83.0 Å². The fraction of sp³-hybridized carbons (Fsp3) is 0.775. The van der Waals surface area contributed by atoms with Crippen LogP contribution in [0.25, 0.3) is 0 Å². The number of nitrogens with one attached hydrogen (secondary N) is 1. The van der Waals surface area contributed by atoms with Crippen molar-refractivity contribution in [3.63, 3.8) is 0 Å². The highest BCUT2D eigenvalue weighted by Gasteiger charge is 2.40. The highest BCUT2D eigenvalue weighted by Crippen LogP contribution is 2.43. The molecular weight excluding hydrogens is 570 g/mol. The normalized spacial score (nSPS) is 27.5. The van der Waals surface area contributed by atoms with Crippen LogP contribution in [0, 0.1) is 34.5 Å². The van der Waals surface area contributed by atoms with Gasteiger partial charge in [0.2, 0.25) is 11.8 Å². The number of nitrogens with two attached hydrogens (primary N) is 1. The molecule has 3 aliphatic carbocycles. The molecule has 46 heavy (non-hydrogen) atoms. The highest BCUT2D eigenvalue weighted by molar-refractivity contribution is 6.02. The van der Waals surface area contributed by atoms with Crippen molar-refractivity contribution in [2.75, 3.05) is 5.32 Å². The molecule has 0 aliphatic heterocycles. The molecule has 3 N–H and O–H groups in total. The van der Waals surface area contributed by atoms with Crippen LogP contribution in [-0.4, -0.2) is 34.7 Å². The van der Waals surface area contributed by atoms with Crippen LogP contribution in [0.3, 0.4) is 0 Å². The molecule has 0 unspecified atom stereocenters. The Kier molecular flexibility index (Phi) is 12.4. The largest absolute Gasteiger partial charge is 0.366 e. The standard InChI is InChI=1S/C40H65N3O3/c1-8-9-10-11-27-12-14-28(15-13-27)37(45)42-33-25-29(36(41)44)24-30(26-33)38(46)43(34-20-16-31(17-21-34)39(2,3)4)35-22-18-32(19-23-35)40(5,6)7/h24-28,31-32,34-35H,8-23H2,1-7H3,(H2,41,44)(H,42,45). The first-order valence-electron chi connectivity index (χ1n) is 18.8. The van der Waals surface area contributed by atoms with E-state index in [0.29, 0.717) is 23.1 Å². The first-order valence-corrected chi connectivity index (χ1v) is 18.8. The molecule has 0 radical (unpaired) electrons. The molecule has 3 fully saturated rings. The minimum atomic E-state index is -0.583. The van der Waals surface area contributed by atoms with Gasteiger partial charge in [-0.15, -0.1) is 0 Å². The van der Waals surface area contributed by atoms with Gasteiger partial charge < -0.3 is 16.0 Å². The van der Waals surface area contributed by atoms with Gasteiger partial charge >= 0.3 is 0 Å². The predicted molar refractivity (Wildman–Crippen MR) is 190 cm³/mol. The van der Waals surface area contributed by atoms with E-state index in [1.165, 1.54) is 25.7 Å². The Labute approximate surface area is 280 Å². The van der Waals surface area contributed by atoms with Crippen molar-refractivity contribution in [3.05, 3.63) is 29.3 Å². The molecule has 0 spiro atoms. The van der Waals surface area contributed by atoms with Gasteiger partial charge in [-0.1, -0.05) is 74.1 Å². The van der Waals surface area contributed by atoms with E-state index in [9.17, 15) is 14.4 Å². The maximum atomic E-state index is 14.6. The lowest BCUT2D eigenvalue weighted by atomic mass is 9.69. The van der Waals surface area contributed by atoms with Gasteiger partial charge in [-0.2, -0.15) is 0 Å². The summed E-state index contributed by atoms with van der Waals surface area (Å²) in [5.41, 5.74) is 7.55. The van der Waals surface area contributed by atoms with E-state index in [-0.39, 0.29) is 46.2 Å². The number of primary amides is 1. The van der Waals surface area contributed by atoms with E-state index in [4.69, 9.17) is 5.73 Å². The SMILES string of the molecule is CCCCCC1CCC(C(=O)Nc2cc(C(N)=O)cc(C(=O)N(C3CCC(C(C)(C)C)CC3)C3CCC(C(C)(C)C)CC3)c2)CC1. The topological polar surface area (TPSA) is 92.5 Å². The summed E-state index contributed by atoms with van der Waals surface area (Å²) in [5.74, 6) is 1.38. The third-order valence-corrected chi connectivity index (χ3v) is 12.0. The van der Waals surface area contributed by atoms with Gasteiger partial charge in [0, 0.05) is 34.8 Å². The number of nitrogens with zero attached hydrogens (tertiary/aromatic N) is 1. The van der Waals surface area contributed by atoms with Crippen LogP contribution in [-0.2, 0) is 4.79 Å². The van der Waals surface area contributed by atoms with Gasteiger partial charge in [-0.25, -0.2) is 0 Å². The number of carbonyl (C=O) groups is 3. The molecule has 258 valence electrons. The lowest BCUT2D eigenvalue weighted by Gasteiger charge is -2.47. The second kappa shape index (κ2) is 15.7. The van der Waals surface area contributed by atoms with E-state index < -0.39 is 5.91 Å². The first kappa shape index (κ1) is 36.5. The van der Waals surface area contributed by atoms with E-state index >= 15 is 0 Å². The van der Waals surface area contributed by atoms with Crippen molar-refractivity contribution in [2.24, 2.45) is 40.2 Å². The molecule has 0 aromatic heterocycles. The maximum absolute atomic E-state index is 14.6. The van der Waals surface area contributed by atoms with Crippen molar-refractivity contribution in [1.82, 2.24) is 4.90 Å². The molecule has 3 amide bonds. The molecule has 0 saturated heterocycles. The number of rotatable bonds is 10. The summed E-state index contributed by atoms with van der Waals surface area (Å²) in [6, 6.07) is 5.45. The molecule has 4 rings (SSSR count). The van der Waals surface area contributed by atoms with Crippen LogP contribution in [0.15, 0.2) is 18.2 Å². The Hall–Kier alpha value is -2.37. The van der Waals surface area contributed by atoms with Crippen LogP contribution >= 0.6 is 0 Å². The number of hydrogen-bond acceptors (Lipinski definition) is 3. The number of carbonyl (C=O) groups excluding carboxylic acids is 3. The molecular formula is C40H65N3O3. The number of benzene rings is 1. The van der Waals surface area contributed by atoms with Crippen molar-refractivity contribution in [1.29, 1.82) is 0 Å². The van der Waals surface area contributed by atoms with Crippen molar-refractivity contribution >= 4 is 23.4 Å². The lowest BCUT2D eigenvalue weighted by molar-refractivity contribution is -0.121.